The molecule has 1 aromatic heterocycles. The van der Waals surface area contributed by atoms with Gasteiger partial charge in [0.15, 0.2) is 0 Å². The molecule has 5 aromatic rings. The summed E-state index contributed by atoms with van der Waals surface area (Å²) in [7, 11) is 0. The van der Waals surface area contributed by atoms with E-state index in [1.165, 1.54) is 17.8 Å². The molecule has 0 radical (unpaired) electrons. The Kier molecular flexibility index (Phi) is 10.3. The van der Waals surface area contributed by atoms with E-state index < -0.39 is 11.8 Å². The van der Waals surface area contributed by atoms with Gasteiger partial charge in [-0.05, 0) is 102 Å². The number of anilines is 2. The van der Waals surface area contributed by atoms with E-state index >= 15 is 0 Å². The molecule has 3 amide bonds. The number of hydrogen-bond acceptors (Lipinski definition) is 5. The Morgan fingerprint density at radius 1 is 0.773 bits per heavy atom. The smallest absolute Gasteiger partial charge is 0.272 e. The Labute approximate surface area is 273 Å². The summed E-state index contributed by atoms with van der Waals surface area (Å²) in [5, 5.41) is 8.45. The first-order chi connectivity index (χ1) is 21.3. The maximum Gasteiger partial charge on any atom is 0.272 e. The van der Waals surface area contributed by atoms with Crippen LogP contribution in [0.5, 0.6) is 0 Å². The van der Waals surface area contributed by atoms with Gasteiger partial charge in [0.25, 0.3) is 11.8 Å². The third-order valence-corrected chi connectivity index (χ3v) is 8.12. The first kappa shape index (κ1) is 30.8. The van der Waals surface area contributed by atoms with Gasteiger partial charge in [-0.15, -0.1) is 11.8 Å². The first-order valence-electron chi connectivity index (χ1n) is 13.7. The first-order valence-corrected chi connectivity index (χ1v) is 15.7. The number of aryl methyl sites for hydroxylation is 1. The lowest BCUT2D eigenvalue weighted by atomic mass is 10.1. The molecule has 0 atom stereocenters. The highest BCUT2D eigenvalue weighted by Crippen LogP contribution is 2.25. The molecule has 0 unspecified atom stereocenters. The van der Waals surface area contributed by atoms with Crippen molar-refractivity contribution < 1.29 is 18.8 Å². The fourth-order valence-corrected chi connectivity index (χ4v) is 5.16. The molecule has 9 heteroatoms. The average Bonchev–Trinajstić information content (AvgIpc) is 3.51. The van der Waals surface area contributed by atoms with Crippen LogP contribution in [0.2, 0.25) is 0 Å². The molecule has 0 bridgehead atoms. The molecule has 0 aliphatic carbocycles. The van der Waals surface area contributed by atoms with E-state index in [1.54, 1.807) is 42.5 Å². The van der Waals surface area contributed by atoms with Gasteiger partial charge in [0.05, 0.1) is 5.75 Å². The molecule has 0 aliphatic rings. The van der Waals surface area contributed by atoms with Gasteiger partial charge in [0.1, 0.15) is 17.2 Å². The zero-order valence-electron chi connectivity index (χ0n) is 23.7. The lowest BCUT2D eigenvalue weighted by Crippen LogP contribution is -2.30. The highest BCUT2D eigenvalue weighted by atomic mass is 127. The predicted octanol–water partition coefficient (Wildman–Crippen LogP) is 8.00. The van der Waals surface area contributed by atoms with Crippen LogP contribution in [-0.4, -0.2) is 23.5 Å². The Morgan fingerprint density at radius 2 is 1.43 bits per heavy atom. The highest BCUT2D eigenvalue weighted by Gasteiger charge is 2.16. The largest absolute Gasteiger partial charge is 0.457 e. The van der Waals surface area contributed by atoms with Crippen LogP contribution in [0.1, 0.15) is 21.7 Å². The normalized spacial score (nSPS) is 11.1. The van der Waals surface area contributed by atoms with Gasteiger partial charge < -0.3 is 20.4 Å². The van der Waals surface area contributed by atoms with Crippen LogP contribution >= 0.6 is 34.4 Å². The number of benzene rings is 4. The quantitative estimate of drug-likeness (QED) is 0.0774. The molecule has 44 heavy (non-hydrogen) atoms. The summed E-state index contributed by atoms with van der Waals surface area (Å²) in [4.78, 5) is 39.6. The van der Waals surface area contributed by atoms with Crippen molar-refractivity contribution in [2.75, 3.05) is 16.4 Å². The molecule has 3 N–H and O–H groups in total. The molecule has 0 saturated heterocycles. The minimum atomic E-state index is -0.514. The number of halogens is 1. The van der Waals surface area contributed by atoms with Crippen LogP contribution in [0.3, 0.4) is 0 Å². The van der Waals surface area contributed by atoms with Gasteiger partial charge in [-0.3, -0.25) is 14.4 Å². The van der Waals surface area contributed by atoms with Crippen molar-refractivity contribution >= 4 is 69.5 Å². The summed E-state index contributed by atoms with van der Waals surface area (Å²) in [5.41, 5.74) is 3.76. The zero-order chi connectivity index (χ0) is 30.9. The minimum absolute atomic E-state index is 0.0226. The fraction of sp³-hybridized carbons (Fsp3) is 0.0571. The fourth-order valence-electron chi connectivity index (χ4n) is 4.10. The van der Waals surface area contributed by atoms with Crippen molar-refractivity contribution in [1.82, 2.24) is 5.32 Å². The summed E-state index contributed by atoms with van der Waals surface area (Å²) >= 11 is 3.60. The zero-order valence-corrected chi connectivity index (χ0v) is 26.6. The van der Waals surface area contributed by atoms with Crippen LogP contribution in [0.25, 0.3) is 17.4 Å². The third kappa shape index (κ3) is 8.71. The highest BCUT2D eigenvalue weighted by molar-refractivity contribution is 14.1. The molecule has 220 valence electrons. The topological polar surface area (TPSA) is 100 Å². The van der Waals surface area contributed by atoms with Crippen molar-refractivity contribution in [1.29, 1.82) is 0 Å². The Bertz CT molecular complexity index is 1780. The average molecular weight is 714 g/mol. The number of nitrogens with one attached hydrogen (secondary N) is 3. The molecule has 0 spiro atoms. The van der Waals surface area contributed by atoms with E-state index in [-0.39, 0.29) is 17.4 Å². The Balaban J connectivity index is 1.26. The molecule has 1 heterocycles. The van der Waals surface area contributed by atoms with E-state index in [4.69, 9.17) is 4.42 Å². The second kappa shape index (κ2) is 14.7. The molecular weight excluding hydrogens is 685 g/mol. The summed E-state index contributed by atoms with van der Waals surface area (Å²) in [6.07, 6.45) is 1.50. The molecule has 0 fully saturated rings. The number of carbonyl (C=O) groups excluding carboxylic acids is 3. The van der Waals surface area contributed by atoms with Crippen molar-refractivity contribution in [3.63, 3.8) is 0 Å². The molecule has 0 aliphatic heterocycles. The number of hydrogen-bond donors (Lipinski definition) is 3. The van der Waals surface area contributed by atoms with Crippen LogP contribution in [0.4, 0.5) is 11.4 Å². The maximum absolute atomic E-state index is 13.4. The SMILES string of the molecule is Cc1ccc(-c2ccc(/C=C(\NC(=O)c3ccccc3)C(=O)Nc3ccc(SCC(=O)Nc4ccc(I)cc4)cc3)o2)cc1. The van der Waals surface area contributed by atoms with Gasteiger partial charge in [-0.1, -0.05) is 48.0 Å². The van der Waals surface area contributed by atoms with E-state index in [0.717, 1.165) is 25.3 Å². The number of rotatable bonds is 10. The number of amides is 3. The second-order valence-electron chi connectivity index (χ2n) is 9.77. The Hall–Kier alpha value is -4.61. The Morgan fingerprint density at radius 3 is 2.14 bits per heavy atom. The number of thioether (sulfide) groups is 1. The van der Waals surface area contributed by atoms with Crippen LogP contribution in [-0.2, 0) is 9.59 Å². The van der Waals surface area contributed by atoms with E-state index in [1.807, 2.05) is 79.7 Å². The van der Waals surface area contributed by atoms with Crippen molar-refractivity contribution in [3.05, 3.63) is 141 Å². The van der Waals surface area contributed by atoms with E-state index in [0.29, 0.717) is 22.8 Å². The van der Waals surface area contributed by atoms with Gasteiger partial charge in [0.2, 0.25) is 5.91 Å². The molecule has 7 nitrogen and oxygen atoms in total. The molecular formula is C35H28IN3O4S. The monoisotopic (exact) mass is 713 g/mol. The predicted molar refractivity (Wildman–Crippen MR) is 184 cm³/mol. The number of carbonyl (C=O) groups is 3. The summed E-state index contributed by atoms with van der Waals surface area (Å²) < 4.78 is 7.08. The van der Waals surface area contributed by atoms with Crippen LogP contribution in [0.15, 0.2) is 130 Å². The molecule has 0 saturated carbocycles. The second-order valence-corrected chi connectivity index (χ2v) is 12.1. The van der Waals surface area contributed by atoms with Crippen molar-refractivity contribution in [2.45, 2.75) is 11.8 Å². The van der Waals surface area contributed by atoms with Gasteiger partial charge in [-0.25, -0.2) is 0 Å². The molecule has 4 aromatic carbocycles. The summed E-state index contributed by atoms with van der Waals surface area (Å²) in [6, 6.07) is 34.9. The van der Waals surface area contributed by atoms with Crippen LogP contribution < -0.4 is 16.0 Å². The van der Waals surface area contributed by atoms with Gasteiger partial charge in [0, 0.05) is 37.0 Å². The van der Waals surface area contributed by atoms with Crippen molar-refractivity contribution in [3.8, 4) is 11.3 Å². The number of furan rings is 1. The van der Waals surface area contributed by atoms with Crippen molar-refractivity contribution in [2.24, 2.45) is 0 Å². The van der Waals surface area contributed by atoms with Gasteiger partial charge in [-0.2, -0.15) is 0 Å². The standard InChI is InChI=1S/C35H28IN3O4S/c1-23-7-9-24(10-8-23)32-20-17-29(43-32)21-31(39-34(41)25-5-3-2-4-6-25)35(42)38-28-15-18-30(19-16-28)44-22-33(40)37-27-13-11-26(36)12-14-27/h2-21H,22H2,1H3,(H,37,40)(H,38,42)(H,39,41)/b31-21-. The summed E-state index contributed by atoms with van der Waals surface area (Å²) in [6.45, 7) is 2.01. The van der Waals surface area contributed by atoms with Crippen LogP contribution in [0, 0.1) is 10.5 Å². The van der Waals surface area contributed by atoms with E-state index in [2.05, 4.69) is 38.5 Å². The van der Waals surface area contributed by atoms with E-state index in [9.17, 15) is 14.4 Å². The summed E-state index contributed by atoms with van der Waals surface area (Å²) in [5.74, 6) is 0.248. The third-order valence-electron chi connectivity index (χ3n) is 6.39. The lowest BCUT2D eigenvalue weighted by Gasteiger charge is -2.11. The van der Waals surface area contributed by atoms with Gasteiger partial charge >= 0.3 is 0 Å². The minimum Gasteiger partial charge on any atom is -0.457 e. The molecule has 5 rings (SSSR count). The lowest BCUT2D eigenvalue weighted by molar-refractivity contribution is -0.114. The maximum atomic E-state index is 13.4.